The molecule has 2 atom stereocenters. The summed E-state index contributed by atoms with van der Waals surface area (Å²) in [6.07, 6.45) is 4.22. The monoisotopic (exact) mass is 220 g/mol. The Bertz CT molecular complexity index is 211. The highest BCUT2D eigenvalue weighted by Crippen LogP contribution is 2.16. The molecule has 0 spiro atoms. The zero-order chi connectivity index (χ0) is 10.4. The predicted octanol–water partition coefficient (Wildman–Crippen LogP) is 0.779. The van der Waals surface area contributed by atoms with E-state index in [1.165, 1.54) is 0 Å². The molecule has 1 saturated heterocycles. The number of carboxylic acids is 1. The summed E-state index contributed by atoms with van der Waals surface area (Å²) in [5, 5.41) is 8.38. The minimum Gasteiger partial charge on any atom is -0.481 e. The van der Waals surface area contributed by atoms with E-state index in [9.17, 15) is 9.00 Å². The van der Waals surface area contributed by atoms with Crippen LogP contribution in [0, 0.1) is 0 Å². The fourth-order valence-corrected chi connectivity index (χ4v) is 2.46. The second-order valence-electron chi connectivity index (χ2n) is 3.46. The fourth-order valence-electron chi connectivity index (χ4n) is 1.55. The molecule has 0 aromatic carbocycles. The first-order valence-electron chi connectivity index (χ1n) is 4.87. The summed E-state index contributed by atoms with van der Waals surface area (Å²) >= 11 is 0. The summed E-state index contributed by atoms with van der Waals surface area (Å²) in [6, 6.07) is 0. The number of aliphatic carboxylic acids is 1. The molecule has 5 heteroatoms. The fraction of sp³-hybridized carbons (Fsp3) is 0.889. The molecule has 0 aliphatic carbocycles. The van der Waals surface area contributed by atoms with Crippen molar-refractivity contribution in [2.24, 2.45) is 0 Å². The van der Waals surface area contributed by atoms with E-state index in [0.29, 0.717) is 11.9 Å². The lowest BCUT2D eigenvalue weighted by Gasteiger charge is -2.07. The molecule has 1 fully saturated rings. The Morgan fingerprint density at radius 1 is 1.57 bits per heavy atom. The second kappa shape index (κ2) is 6.14. The van der Waals surface area contributed by atoms with Gasteiger partial charge in [0.15, 0.2) is 0 Å². The molecule has 0 aromatic heterocycles. The van der Waals surface area contributed by atoms with Crippen molar-refractivity contribution in [3.05, 3.63) is 0 Å². The highest BCUT2D eigenvalue weighted by molar-refractivity contribution is 7.85. The molecule has 0 saturated carbocycles. The zero-order valence-electron chi connectivity index (χ0n) is 8.11. The van der Waals surface area contributed by atoms with Gasteiger partial charge in [0.1, 0.15) is 5.75 Å². The maximum Gasteiger partial charge on any atom is 0.316 e. The minimum atomic E-state index is -1.21. The second-order valence-corrected chi connectivity index (χ2v) is 5.04. The molecule has 14 heavy (non-hydrogen) atoms. The predicted molar refractivity (Wildman–Crippen MR) is 53.7 cm³/mol. The molecule has 1 aliphatic rings. The van der Waals surface area contributed by atoms with Gasteiger partial charge in [0.25, 0.3) is 0 Å². The summed E-state index contributed by atoms with van der Waals surface area (Å²) in [5.74, 6) is -0.738. The molecular formula is C9H16O4S. The van der Waals surface area contributed by atoms with Crippen molar-refractivity contribution in [3.8, 4) is 0 Å². The lowest BCUT2D eigenvalue weighted by molar-refractivity contribution is -0.133. The normalized spacial score (nSPS) is 23.6. The minimum absolute atomic E-state index is 0.231. The average molecular weight is 220 g/mol. The molecule has 1 heterocycles. The van der Waals surface area contributed by atoms with Gasteiger partial charge in [-0.2, -0.15) is 0 Å². The number of carboxylic acid groups (broad SMARTS) is 1. The molecule has 0 amide bonds. The van der Waals surface area contributed by atoms with Gasteiger partial charge < -0.3 is 9.84 Å². The van der Waals surface area contributed by atoms with Crippen LogP contribution in [0.4, 0.5) is 0 Å². The van der Waals surface area contributed by atoms with E-state index in [2.05, 4.69) is 0 Å². The highest BCUT2D eigenvalue weighted by atomic mass is 32.2. The van der Waals surface area contributed by atoms with Crippen LogP contribution in [0.3, 0.4) is 0 Å². The third kappa shape index (κ3) is 4.72. The van der Waals surface area contributed by atoms with Gasteiger partial charge in [0, 0.05) is 23.2 Å². The van der Waals surface area contributed by atoms with E-state index in [0.717, 1.165) is 32.3 Å². The molecule has 2 unspecified atom stereocenters. The largest absolute Gasteiger partial charge is 0.481 e. The smallest absolute Gasteiger partial charge is 0.316 e. The number of rotatable bonds is 6. The Labute approximate surface area is 86.1 Å². The zero-order valence-corrected chi connectivity index (χ0v) is 8.92. The van der Waals surface area contributed by atoms with Crippen molar-refractivity contribution < 1.29 is 18.8 Å². The lowest BCUT2D eigenvalue weighted by atomic mass is 10.1. The average Bonchev–Trinajstić information content (AvgIpc) is 2.55. The van der Waals surface area contributed by atoms with Gasteiger partial charge in [-0.15, -0.1) is 0 Å². The summed E-state index contributed by atoms with van der Waals surface area (Å²) in [7, 11) is -1.21. The van der Waals surface area contributed by atoms with Crippen LogP contribution in [-0.4, -0.2) is 39.5 Å². The van der Waals surface area contributed by atoms with Crippen LogP contribution in [0.25, 0.3) is 0 Å². The van der Waals surface area contributed by atoms with Crippen molar-refractivity contribution in [2.75, 3.05) is 18.1 Å². The summed E-state index contributed by atoms with van der Waals surface area (Å²) in [6.45, 7) is 0.836. The molecule has 1 rings (SSSR count). The maximum absolute atomic E-state index is 11.1. The van der Waals surface area contributed by atoms with Crippen LogP contribution in [0.1, 0.15) is 25.7 Å². The van der Waals surface area contributed by atoms with Crippen LogP contribution in [0.2, 0.25) is 0 Å². The number of hydrogen-bond donors (Lipinski definition) is 1. The first-order chi connectivity index (χ1) is 6.68. The van der Waals surface area contributed by atoms with E-state index in [1.807, 2.05) is 0 Å². The quantitative estimate of drug-likeness (QED) is 0.718. The first-order valence-corrected chi connectivity index (χ1v) is 6.35. The van der Waals surface area contributed by atoms with Crippen LogP contribution >= 0.6 is 0 Å². The topological polar surface area (TPSA) is 63.6 Å². The van der Waals surface area contributed by atoms with Crippen LogP contribution in [-0.2, 0) is 20.3 Å². The third-order valence-electron chi connectivity index (χ3n) is 2.21. The van der Waals surface area contributed by atoms with Crippen LogP contribution < -0.4 is 0 Å². The molecule has 0 bridgehead atoms. The molecule has 1 N–H and O–H groups in total. The summed E-state index contributed by atoms with van der Waals surface area (Å²) < 4.78 is 16.5. The Hall–Kier alpha value is -0.420. The molecule has 1 aliphatic heterocycles. The molecule has 4 nitrogen and oxygen atoms in total. The third-order valence-corrected chi connectivity index (χ3v) is 3.52. The van der Waals surface area contributed by atoms with Crippen LogP contribution in [0.15, 0.2) is 0 Å². The summed E-state index contributed by atoms with van der Waals surface area (Å²) in [4.78, 5) is 10.2. The van der Waals surface area contributed by atoms with Gasteiger partial charge in [-0.3, -0.25) is 9.00 Å². The van der Waals surface area contributed by atoms with Crippen molar-refractivity contribution in [2.45, 2.75) is 31.8 Å². The van der Waals surface area contributed by atoms with E-state index < -0.39 is 16.8 Å². The lowest BCUT2D eigenvalue weighted by Crippen LogP contribution is -2.13. The SMILES string of the molecule is O=C(O)CS(=O)CCCC1CCCO1. The standard InChI is InChI=1S/C9H16O4S/c10-9(11)7-14(12)6-2-4-8-3-1-5-13-8/h8H,1-7H2,(H,10,11). The van der Waals surface area contributed by atoms with Crippen LogP contribution in [0.5, 0.6) is 0 Å². The number of ether oxygens (including phenoxy) is 1. The Morgan fingerprint density at radius 2 is 2.36 bits per heavy atom. The van der Waals surface area contributed by atoms with Gasteiger partial charge >= 0.3 is 5.97 Å². The Morgan fingerprint density at radius 3 is 2.93 bits per heavy atom. The van der Waals surface area contributed by atoms with Gasteiger partial charge in [0.2, 0.25) is 0 Å². The van der Waals surface area contributed by atoms with Crippen molar-refractivity contribution in [1.82, 2.24) is 0 Å². The van der Waals surface area contributed by atoms with Gasteiger partial charge in [-0.1, -0.05) is 0 Å². The Balaban J connectivity index is 2.02. The van der Waals surface area contributed by atoms with Gasteiger partial charge in [-0.25, -0.2) is 0 Å². The van der Waals surface area contributed by atoms with Gasteiger partial charge in [0.05, 0.1) is 6.10 Å². The van der Waals surface area contributed by atoms with E-state index >= 15 is 0 Å². The molecular weight excluding hydrogens is 204 g/mol. The van der Waals surface area contributed by atoms with E-state index in [-0.39, 0.29) is 5.75 Å². The number of hydrogen-bond acceptors (Lipinski definition) is 3. The Kier molecular flexibility index (Phi) is 5.11. The molecule has 82 valence electrons. The highest BCUT2D eigenvalue weighted by Gasteiger charge is 2.15. The van der Waals surface area contributed by atoms with Crippen molar-refractivity contribution >= 4 is 16.8 Å². The van der Waals surface area contributed by atoms with E-state index in [4.69, 9.17) is 9.84 Å². The maximum atomic E-state index is 11.1. The van der Waals surface area contributed by atoms with Crippen molar-refractivity contribution in [3.63, 3.8) is 0 Å². The summed E-state index contributed by atoms with van der Waals surface area (Å²) in [5.41, 5.74) is 0. The van der Waals surface area contributed by atoms with E-state index in [1.54, 1.807) is 0 Å². The van der Waals surface area contributed by atoms with Gasteiger partial charge in [-0.05, 0) is 25.7 Å². The molecule has 0 radical (unpaired) electrons. The number of carbonyl (C=O) groups is 1. The van der Waals surface area contributed by atoms with Crippen molar-refractivity contribution in [1.29, 1.82) is 0 Å². The molecule has 0 aromatic rings. The first kappa shape index (κ1) is 11.7.